The van der Waals surface area contributed by atoms with E-state index in [2.05, 4.69) is 15.0 Å². The van der Waals surface area contributed by atoms with E-state index in [0.717, 1.165) is 27.8 Å². The summed E-state index contributed by atoms with van der Waals surface area (Å²) in [4.78, 5) is 25.1. The minimum absolute atomic E-state index is 0.287. The van der Waals surface area contributed by atoms with Crippen molar-refractivity contribution in [3.8, 4) is 17.2 Å². The van der Waals surface area contributed by atoms with E-state index in [1.165, 1.54) is 11.8 Å². The van der Waals surface area contributed by atoms with E-state index < -0.39 is 0 Å². The van der Waals surface area contributed by atoms with Crippen LogP contribution in [-0.2, 0) is 10.5 Å². The zero-order valence-corrected chi connectivity index (χ0v) is 19.3. The Hall–Kier alpha value is -3.26. The van der Waals surface area contributed by atoms with Gasteiger partial charge in [0.25, 0.3) is 0 Å². The molecule has 0 aliphatic heterocycles. The Kier molecular flexibility index (Phi) is 6.50. The number of pyridine rings is 1. The fourth-order valence-corrected chi connectivity index (χ4v) is 4.60. The fourth-order valence-electron chi connectivity index (χ4n) is 3.59. The second kappa shape index (κ2) is 9.48. The number of hydrogen-bond acceptors (Lipinski definition) is 7. The van der Waals surface area contributed by atoms with Gasteiger partial charge in [0.1, 0.15) is 16.6 Å². The third-order valence-electron chi connectivity index (χ3n) is 5.21. The smallest absolute Gasteiger partial charge is 0.324 e. The number of esters is 1. The number of methoxy groups -OCH3 is 2. The maximum Gasteiger partial charge on any atom is 0.324 e. The molecule has 8 heteroatoms. The first-order chi connectivity index (χ1) is 15.5. The van der Waals surface area contributed by atoms with Crippen LogP contribution in [0.15, 0.2) is 42.6 Å². The lowest BCUT2D eigenvalue weighted by atomic mass is 10.1. The molecule has 1 atom stereocenters. The van der Waals surface area contributed by atoms with Gasteiger partial charge in [0, 0.05) is 17.3 Å². The molecule has 4 rings (SSSR count). The molecule has 0 amide bonds. The van der Waals surface area contributed by atoms with Crippen LogP contribution in [-0.4, -0.2) is 40.4 Å². The third-order valence-corrected chi connectivity index (χ3v) is 6.58. The molecular weight excluding hydrogens is 426 g/mol. The number of imidazole rings is 1. The van der Waals surface area contributed by atoms with Crippen molar-refractivity contribution in [2.45, 2.75) is 31.3 Å². The first kappa shape index (κ1) is 22.0. The minimum atomic E-state index is -0.331. The molecular formula is C24H25N3O4S. The van der Waals surface area contributed by atoms with Gasteiger partial charge >= 0.3 is 5.97 Å². The summed E-state index contributed by atoms with van der Waals surface area (Å²) in [5, 5.41) is 1.64. The summed E-state index contributed by atoms with van der Waals surface area (Å²) < 4.78 is 16.6. The number of benzene rings is 2. The Morgan fingerprint density at radius 3 is 2.66 bits per heavy atom. The number of carbonyl (C=O) groups is 1. The number of aromatic amines is 1. The molecule has 32 heavy (non-hydrogen) atoms. The molecule has 7 nitrogen and oxygen atoms in total. The highest BCUT2D eigenvalue weighted by atomic mass is 32.2. The van der Waals surface area contributed by atoms with E-state index in [1.807, 2.05) is 44.2 Å². The SMILES string of the molecule is CCC(SCc1nccc2cc(OC)c(OC)cc12)C(=O)Oc1cccc2[nH]c(C)nc12. The number of ether oxygens (including phenoxy) is 3. The molecule has 0 fully saturated rings. The number of nitrogens with one attached hydrogen (secondary N) is 1. The number of hydrogen-bond donors (Lipinski definition) is 1. The lowest BCUT2D eigenvalue weighted by Crippen LogP contribution is -2.22. The van der Waals surface area contributed by atoms with Crippen LogP contribution in [0.1, 0.15) is 24.9 Å². The van der Waals surface area contributed by atoms with E-state index in [0.29, 0.717) is 34.9 Å². The van der Waals surface area contributed by atoms with E-state index in [-0.39, 0.29) is 11.2 Å². The number of fused-ring (bicyclic) bond motifs is 2. The molecule has 0 saturated carbocycles. The normalized spacial score (nSPS) is 12.1. The van der Waals surface area contributed by atoms with Gasteiger partial charge in [-0.15, -0.1) is 11.8 Å². The molecule has 0 spiro atoms. The lowest BCUT2D eigenvalue weighted by molar-refractivity contribution is -0.133. The van der Waals surface area contributed by atoms with Crippen molar-refractivity contribution >= 4 is 39.5 Å². The van der Waals surface area contributed by atoms with Crippen LogP contribution in [0.25, 0.3) is 21.8 Å². The largest absolute Gasteiger partial charge is 0.493 e. The van der Waals surface area contributed by atoms with Crippen LogP contribution in [0.3, 0.4) is 0 Å². The van der Waals surface area contributed by atoms with Crippen LogP contribution < -0.4 is 14.2 Å². The number of para-hydroxylation sites is 1. The quantitative estimate of drug-likeness (QED) is 0.296. The summed E-state index contributed by atoms with van der Waals surface area (Å²) >= 11 is 1.51. The fraction of sp³-hybridized carbons (Fsp3) is 0.292. The second-order valence-electron chi connectivity index (χ2n) is 7.29. The number of rotatable bonds is 8. The number of nitrogens with zero attached hydrogens (tertiary/aromatic N) is 2. The number of H-pyrrole nitrogens is 1. The molecule has 2 aromatic carbocycles. The van der Waals surface area contributed by atoms with Gasteiger partial charge in [-0.3, -0.25) is 9.78 Å². The van der Waals surface area contributed by atoms with Crippen LogP contribution in [0.2, 0.25) is 0 Å². The highest BCUT2D eigenvalue weighted by molar-refractivity contribution is 7.99. The van der Waals surface area contributed by atoms with Gasteiger partial charge in [0.2, 0.25) is 0 Å². The monoisotopic (exact) mass is 451 g/mol. The van der Waals surface area contributed by atoms with E-state index in [9.17, 15) is 4.79 Å². The predicted octanol–water partition coefficient (Wildman–Crippen LogP) is 5.05. The summed E-state index contributed by atoms with van der Waals surface area (Å²) in [5.41, 5.74) is 2.39. The van der Waals surface area contributed by atoms with E-state index >= 15 is 0 Å². The van der Waals surface area contributed by atoms with Crippen molar-refractivity contribution in [2.75, 3.05) is 14.2 Å². The molecule has 0 bridgehead atoms. The first-order valence-corrected chi connectivity index (χ1v) is 11.4. The number of aryl methyl sites for hydroxylation is 1. The maximum atomic E-state index is 12.9. The summed E-state index contributed by atoms with van der Waals surface area (Å²) in [7, 11) is 3.23. The van der Waals surface area contributed by atoms with E-state index in [4.69, 9.17) is 14.2 Å². The average Bonchev–Trinajstić information content (AvgIpc) is 3.19. The van der Waals surface area contributed by atoms with Crippen LogP contribution >= 0.6 is 11.8 Å². The van der Waals surface area contributed by atoms with Crippen molar-refractivity contribution in [1.82, 2.24) is 15.0 Å². The van der Waals surface area contributed by atoms with Crippen molar-refractivity contribution in [2.24, 2.45) is 0 Å². The van der Waals surface area contributed by atoms with Crippen molar-refractivity contribution in [3.05, 3.63) is 54.1 Å². The zero-order valence-electron chi connectivity index (χ0n) is 18.5. The van der Waals surface area contributed by atoms with Gasteiger partial charge in [-0.25, -0.2) is 4.98 Å². The standard InChI is InChI=1S/C24H25N3O4S/c1-5-22(24(28)31-19-8-6-7-17-23(19)27-14(2)26-17)32-13-18-16-12-21(30-4)20(29-3)11-15(16)9-10-25-18/h6-12,22H,5,13H2,1-4H3,(H,26,27). The van der Waals surface area contributed by atoms with Crippen molar-refractivity contribution in [1.29, 1.82) is 0 Å². The molecule has 4 aromatic rings. The predicted molar refractivity (Wildman–Crippen MR) is 127 cm³/mol. The van der Waals surface area contributed by atoms with Crippen molar-refractivity contribution in [3.63, 3.8) is 0 Å². The summed E-state index contributed by atoms with van der Waals surface area (Å²) in [5.74, 6) is 2.84. The van der Waals surface area contributed by atoms with Crippen molar-refractivity contribution < 1.29 is 19.0 Å². The maximum absolute atomic E-state index is 12.9. The minimum Gasteiger partial charge on any atom is -0.493 e. The molecule has 0 aliphatic carbocycles. The van der Waals surface area contributed by atoms with Crippen LogP contribution in [0, 0.1) is 6.92 Å². The summed E-state index contributed by atoms with van der Waals surface area (Å²) in [6, 6.07) is 11.3. The molecule has 166 valence electrons. The third kappa shape index (κ3) is 4.36. The second-order valence-corrected chi connectivity index (χ2v) is 8.48. The summed E-state index contributed by atoms with van der Waals surface area (Å²) in [6.07, 6.45) is 2.41. The Morgan fingerprint density at radius 1 is 1.12 bits per heavy atom. The highest BCUT2D eigenvalue weighted by Gasteiger charge is 2.22. The van der Waals surface area contributed by atoms with Crippen LogP contribution in [0.5, 0.6) is 17.2 Å². The number of thioether (sulfide) groups is 1. The Balaban J connectivity index is 1.53. The van der Waals surface area contributed by atoms with Gasteiger partial charge < -0.3 is 19.2 Å². The van der Waals surface area contributed by atoms with Crippen LogP contribution in [0.4, 0.5) is 0 Å². The molecule has 2 aromatic heterocycles. The molecule has 0 radical (unpaired) electrons. The van der Waals surface area contributed by atoms with Gasteiger partial charge in [0.15, 0.2) is 17.2 Å². The van der Waals surface area contributed by atoms with Gasteiger partial charge in [-0.1, -0.05) is 13.0 Å². The van der Waals surface area contributed by atoms with Gasteiger partial charge in [0.05, 0.1) is 25.4 Å². The molecule has 0 aliphatic rings. The zero-order chi connectivity index (χ0) is 22.7. The first-order valence-electron chi connectivity index (χ1n) is 10.3. The number of aromatic nitrogens is 3. The highest BCUT2D eigenvalue weighted by Crippen LogP contribution is 2.34. The number of carbonyl (C=O) groups excluding carboxylic acids is 1. The topological polar surface area (TPSA) is 86.3 Å². The Morgan fingerprint density at radius 2 is 1.91 bits per heavy atom. The Bertz CT molecular complexity index is 1270. The lowest BCUT2D eigenvalue weighted by Gasteiger charge is -2.15. The molecule has 1 unspecified atom stereocenters. The molecule has 2 heterocycles. The Labute approximate surface area is 190 Å². The van der Waals surface area contributed by atoms with Gasteiger partial charge in [-0.2, -0.15) is 0 Å². The van der Waals surface area contributed by atoms with Gasteiger partial charge in [-0.05, 0) is 49.1 Å². The average molecular weight is 452 g/mol. The molecule has 0 saturated heterocycles. The van der Waals surface area contributed by atoms with E-state index in [1.54, 1.807) is 26.5 Å². The summed E-state index contributed by atoms with van der Waals surface area (Å²) in [6.45, 7) is 3.85. The molecule has 1 N–H and O–H groups in total.